The molecule has 2 rings (SSSR count). The van der Waals surface area contributed by atoms with Crippen molar-refractivity contribution in [2.24, 2.45) is 0 Å². The largest absolute Gasteiger partial charge is 1.00 e. The van der Waals surface area contributed by atoms with E-state index < -0.39 is 24.2 Å². The van der Waals surface area contributed by atoms with E-state index in [1.807, 2.05) is 0 Å². The Morgan fingerprint density at radius 3 is 2.18 bits per heavy atom. The molecule has 1 aliphatic rings. The van der Waals surface area contributed by atoms with Gasteiger partial charge in [0.1, 0.15) is 10.1 Å². The average molecular weight is 286 g/mol. The van der Waals surface area contributed by atoms with Crippen LogP contribution in [0.25, 0.3) is 0 Å². The van der Waals surface area contributed by atoms with E-state index in [1.54, 1.807) is 24.3 Å². The Balaban J connectivity index is 0.00000144. The Labute approximate surface area is 122 Å². The normalized spacial score (nSPS) is 16.4. The van der Waals surface area contributed by atoms with Crippen LogP contribution in [0.1, 0.15) is 6.92 Å². The van der Waals surface area contributed by atoms with E-state index >= 15 is 0 Å². The summed E-state index contributed by atoms with van der Waals surface area (Å²) < 4.78 is 47.1. The monoisotopic (exact) mass is 286 g/mol. The number of benzene rings is 1. The molecule has 1 heterocycles. The van der Waals surface area contributed by atoms with Crippen LogP contribution in [0.5, 0.6) is 11.5 Å². The molecule has 1 aromatic rings. The summed E-state index contributed by atoms with van der Waals surface area (Å²) in [6.07, 6.45) is 0. The van der Waals surface area contributed by atoms with Crippen molar-refractivity contribution < 1.29 is 56.1 Å². The van der Waals surface area contributed by atoms with Gasteiger partial charge in [0.2, 0.25) is 0 Å². The fourth-order valence-corrected chi connectivity index (χ4v) is 2.62. The number of hydrogen-bond donors (Lipinski definition) is 0. The van der Waals surface area contributed by atoms with Crippen LogP contribution in [-0.4, -0.2) is 18.4 Å². The first kappa shape index (κ1) is 15.2. The van der Waals surface area contributed by atoms with Gasteiger partial charge in [-0.3, -0.25) is 4.52 Å². The summed E-state index contributed by atoms with van der Waals surface area (Å²) in [7, 11) is -6.35. The molecule has 0 fully saturated rings. The van der Waals surface area contributed by atoms with Gasteiger partial charge in [-0.2, -0.15) is 0 Å². The van der Waals surface area contributed by atoms with Crippen LogP contribution in [0.15, 0.2) is 24.3 Å². The first-order valence-electron chi connectivity index (χ1n) is 4.33. The molecular weight excluding hydrogens is 278 g/mol. The van der Waals surface area contributed by atoms with E-state index in [1.165, 1.54) is 0 Å². The Morgan fingerprint density at radius 2 is 1.76 bits per heavy atom. The van der Waals surface area contributed by atoms with Crippen LogP contribution in [0.3, 0.4) is 0 Å². The second-order valence-electron chi connectivity index (χ2n) is 3.02. The minimum atomic E-state index is -4.49. The molecule has 0 amide bonds. The molecule has 1 atom stereocenters. The van der Waals surface area contributed by atoms with Crippen LogP contribution >= 0.6 is 8.60 Å². The van der Waals surface area contributed by atoms with Crippen molar-refractivity contribution in [3.05, 3.63) is 24.3 Å². The standard InChI is InChI=1S/C8H9O6PS.Na/c1-6(16(9,10)11)12-15-13-7-4-2-3-5-8(7)14-15;/h2-6H,1H3,(H,9,10,11);/q;+1/p-1. The molecule has 0 radical (unpaired) electrons. The zero-order valence-corrected chi connectivity index (χ0v) is 12.9. The van der Waals surface area contributed by atoms with Crippen LogP contribution in [0.4, 0.5) is 0 Å². The molecule has 0 bridgehead atoms. The number of rotatable bonds is 3. The second-order valence-corrected chi connectivity index (χ2v) is 5.69. The van der Waals surface area contributed by atoms with E-state index in [4.69, 9.17) is 13.6 Å². The topological polar surface area (TPSA) is 84.9 Å². The Morgan fingerprint density at radius 1 is 1.29 bits per heavy atom. The molecular formula is C8H8NaO6PS. The summed E-state index contributed by atoms with van der Waals surface area (Å²) in [5.41, 5.74) is -1.49. The predicted molar refractivity (Wildman–Crippen MR) is 54.9 cm³/mol. The van der Waals surface area contributed by atoms with Crippen molar-refractivity contribution in [3.63, 3.8) is 0 Å². The van der Waals surface area contributed by atoms with Crippen LogP contribution in [-0.2, 0) is 14.6 Å². The van der Waals surface area contributed by atoms with Gasteiger partial charge in [-0.1, -0.05) is 12.1 Å². The van der Waals surface area contributed by atoms with Crippen molar-refractivity contribution in [2.75, 3.05) is 0 Å². The van der Waals surface area contributed by atoms with Gasteiger partial charge >= 0.3 is 38.2 Å². The van der Waals surface area contributed by atoms with Crippen molar-refractivity contribution in [2.45, 2.75) is 12.4 Å². The van der Waals surface area contributed by atoms with Crippen molar-refractivity contribution >= 4 is 18.7 Å². The van der Waals surface area contributed by atoms with E-state index in [0.717, 1.165) is 6.92 Å². The maximum atomic E-state index is 10.6. The third-order valence-corrected chi connectivity index (χ3v) is 4.07. The molecule has 88 valence electrons. The third kappa shape index (κ3) is 3.79. The smallest absolute Gasteiger partial charge is 0.746 e. The van der Waals surface area contributed by atoms with Gasteiger partial charge in [0.05, 0.1) is 0 Å². The summed E-state index contributed by atoms with van der Waals surface area (Å²) in [6, 6.07) is 6.82. The SMILES string of the molecule is CC(OP1Oc2ccccc2O1)S(=O)(=O)[O-].[Na+]. The minimum Gasteiger partial charge on any atom is -0.746 e. The first-order chi connectivity index (χ1) is 7.47. The van der Waals surface area contributed by atoms with E-state index in [-0.39, 0.29) is 29.6 Å². The predicted octanol–water partition coefficient (Wildman–Crippen LogP) is -1.40. The minimum absolute atomic E-state index is 0. The maximum absolute atomic E-state index is 10.6. The summed E-state index contributed by atoms with van der Waals surface area (Å²) in [4.78, 5) is 0. The Kier molecular flexibility index (Phi) is 5.21. The summed E-state index contributed by atoms with van der Waals surface area (Å²) >= 11 is 0. The van der Waals surface area contributed by atoms with Crippen LogP contribution in [0, 0.1) is 0 Å². The maximum Gasteiger partial charge on any atom is 1.00 e. The Hall–Kier alpha value is 0.120. The van der Waals surface area contributed by atoms with Gasteiger partial charge in [-0.15, -0.1) is 0 Å². The number of hydrogen-bond acceptors (Lipinski definition) is 6. The van der Waals surface area contributed by atoms with Crippen molar-refractivity contribution in [3.8, 4) is 11.5 Å². The van der Waals surface area contributed by atoms with Gasteiger partial charge in [0.15, 0.2) is 16.9 Å². The molecule has 17 heavy (non-hydrogen) atoms. The summed E-state index contributed by atoms with van der Waals surface area (Å²) in [5, 5.41) is 0. The van der Waals surface area contributed by atoms with Crippen molar-refractivity contribution in [1.82, 2.24) is 0 Å². The van der Waals surface area contributed by atoms with Crippen LogP contribution < -0.4 is 38.6 Å². The number of fused-ring (bicyclic) bond motifs is 1. The molecule has 6 nitrogen and oxygen atoms in total. The fourth-order valence-electron chi connectivity index (χ4n) is 0.997. The van der Waals surface area contributed by atoms with E-state index in [9.17, 15) is 13.0 Å². The zero-order valence-electron chi connectivity index (χ0n) is 9.19. The van der Waals surface area contributed by atoms with Gasteiger partial charge in [-0.05, 0) is 19.1 Å². The Bertz CT molecular complexity index is 468. The molecule has 0 saturated carbocycles. The van der Waals surface area contributed by atoms with Gasteiger partial charge < -0.3 is 13.6 Å². The van der Waals surface area contributed by atoms with Crippen molar-refractivity contribution in [1.29, 1.82) is 0 Å². The molecule has 1 aliphatic heterocycles. The summed E-state index contributed by atoms with van der Waals surface area (Å²) in [6.45, 7) is 1.14. The van der Waals surface area contributed by atoms with E-state index in [0.29, 0.717) is 11.5 Å². The summed E-state index contributed by atoms with van der Waals surface area (Å²) in [5.74, 6) is 0.952. The second kappa shape index (κ2) is 5.84. The van der Waals surface area contributed by atoms with Gasteiger partial charge in [0, 0.05) is 0 Å². The molecule has 0 aromatic heterocycles. The molecule has 0 spiro atoms. The first-order valence-corrected chi connectivity index (χ1v) is 6.90. The third-order valence-electron chi connectivity index (χ3n) is 1.84. The van der Waals surface area contributed by atoms with Crippen LogP contribution in [0.2, 0.25) is 0 Å². The molecule has 1 aromatic carbocycles. The molecule has 0 aliphatic carbocycles. The molecule has 0 saturated heterocycles. The van der Waals surface area contributed by atoms with Gasteiger partial charge in [0.25, 0.3) is 0 Å². The fraction of sp³-hybridized carbons (Fsp3) is 0.250. The number of para-hydroxylation sites is 2. The molecule has 9 heteroatoms. The zero-order chi connectivity index (χ0) is 11.8. The van der Waals surface area contributed by atoms with Gasteiger partial charge in [-0.25, -0.2) is 8.42 Å². The molecule has 1 unspecified atom stereocenters. The quantitative estimate of drug-likeness (QED) is 0.386. The van der Waals surface area contributed by atoms with E-state index in [2.05, 4.69) is 0 Å². The molecule has 0 N–H and O–H groups in total. The average Bonchev–Trinajstić information content (AvgIpc) is 2.58.